The van der Waals surface area contributed by atoms with Crippen molar-refractivity contribution in [3.63, 3.8) is 0 Å². The molecule has 142 valence electrons. The molecule has 1 saturated heterocycles. The summed E-state index contributed by atoms with van der Waals surface area (Å²) in [4.78, 5) is 27.4. The maximum Gasteiger partial charge on any atom is 0.346 e. The number of rotatable bonds is 4. The lowest BCUT2D eigenvalue weighted by molar-refractivity contribution is -0.131. The zero-order valence-electron chi connectivity index (χ0n) is 16.0. The van der Waals surface area contributed by atoms with E-state index < -0.39 is 0 Å². The number of fused-ring (bicyclic) bond motifs is 1. The summed E-state index contributed by atoms with van der Waals surface area (Å²) in [7, 11) is 0. The highest BCUT2D eigenvalue weighted by atomic mass is 16.2. The van der Waals surface area contributed by atoms with Gasteiger partial charge in [0.1, 0.15) is 12.4 Å². The molecule has 0 saturated carbocycles. The molecule has 2 aliphatic rings. The van der Waals surface area contributed by atoms with Crippen LogP contribution in [0.1, 0.15) is 31.2 Å². The van der Waals surface area contributed by atoms with Crippen molar-refractivity contribution in [3.8, 4) is 0 Å². The molecule has 1 aliphatic heterocycles. The Morgan fingerprint density at radius 2 is 1.89 bits per heavy atom. The third kappa shape index (κ3) is 3.61. The molecule has 1 aromatic heterocycles. The number of aryl methyl sites for hydroxylation is 1. The fraction of sp³-hybridized carbons (Fsp3) is 0.476. The van der Waals surface area contributed by atoms with Gasteiger partial charge in [-0.25, -0.2) is 9.48 Å². The fourth-order valence-corrected chi connectivity index (χ4v) is 4.32. The SMILES string of the molecule is CC1=CC[C@@H]2CN(C(=O)Cn3nc(C)n(Cc4ccccc4)c3=O)C[C@@H]2C1. The third-order valence-electron chi connectivity index (χ3n) is 5.86. The highest BCUT2D eigenvalue weighted by Gasteiger charge is 2.36. The second kappa shape index (κ2) is 7.18. The standard InChI is InChI=1S/C21H26N4O2/c1-15-8-9-18-12-23(13-19(18)10-15)20(26)14-25-21(27)24(16(2)22-25)11-17-6-4-3-5-7-17/h3-8,18-19H,9-14H2,1-2H3/t18-,19+/m1/s1. The Labute approximate surface area is 159 Å². The first-order chi connectivity index (χ1) is 13.0. The van der Waals surface area contributed by atoms with Gasteiger partial charge in [-0.05, 0) is 44.1 Å². The molecule has 1 aliphatic carbocycles. The summed E-state index contributed by atoms with van der Waals surface area (Å²) >= 11 is 0. The average molecular weight is 366 g/mol. The predicted octanol–water partition coefficient (Wildman–Crippen LogP) is 2.22. The van der Waals surface area contributed by atoms with Crippen molar-refractivity contribution >= 4 is 5.91 Å². The Balaban J connectivity index is 1.45. The Hall–Kier alpha value is -2.63. The van der Waals surface area contributed by atoms with Crippen LogP contribution in [0.25, 0.3) is 0 Å². The summed E-state index contributed by atoms with van der Waals surface area (Å²) in [6.07, 6.45) is 4.44. The number of hydrogen-bond acceptors (Lipinski definition) is 3. The molecule has 0 spiro atoms. The summed E-state index contributed by atoms with van der Waals surface area (Å²) in [5, 5.41) is 4.33. The zero-order chi connectivity index (χ0) is 19.0. The molecule has 0 radical (unpaired) electrons. The Morgan fingerprint density at radius 1 is 1.15 bits per heavy atom. The quantitative estimate of drug-likeness (QED) is 0.780. The largest absolute Gasteiger partial charge is 0.346 e. The van der Waals surface area contributed by atoms with E-state index >= 15 is 0 Å². The summed E-state index contributed by atoms with van der Waals surface area (Å²) in [5.74, 6) is 1.75. The molecule has 1 amide bonds. The summed E-state index contributed by atoms with van der Waals surface area (Å²) in [5.41, 5.74) is 2.25. The number of amides is 1. The predicted molar refractivity (Wildman–Crippen MR) is 103 cm³/mol. The van der Waals surface area contributed by atoms with Crippen molar-refractivity contribution in [1.82, 2.24) is 19.2 Å². The van der Waals surface area contributed by atoms with Crippen molar-refractivity contribution in [3.05, 3.63) is 63.9 Å². The minimum Gasteiger partial charge on any atom is -0.340 e. The first kappa shape index (κ1) is 17.8. The number of likely N-dealkylation sites (tertiary alicyclic amines) is 1. The van der Waals surface area contributed by atoms with Gasteiger partial charge >= 0.3 is 5.69 Å². The molecule has 2 heterocycles. The van der Waals surface area contributed by atoms with Crippen molar-refractivity contribution in [2.24, 2.45) is 11.8 Å². The van der Waals surface area contributed by atoms with E-state index in [2.05, 4.69) is 18.1 Å². The third-order valence-corrected chi connectivity index (χ3v) is 5.86. The zero-order valence-corrected chi connectivity index (χ0v) is 16.0. The molecule has 0 bridgehead atoms. The van der Waals surface area contributed by atoms with E-state index in [-0.39, 0.29) is 18.1 Å². The topological polar surface area (TPSA) is 60.1 Å². The molecule has 4 rings (SSSR count). The van der Waals surface area contributed by atoms with Crippen molar-refractivity contribution in [2.45, 2.75) is 39.8 Å². The molecule has 0 N–H and O–H groups in total. The Bertz CT molecular complexity index is 925. The number of allylic oxidation sites excluding steroid dienone is 2. The lowest BCUT2D eigenvalue weighted by atomic mass is 9.83. The normalized spacial score (nSPS) is 21.9. The number of hydrogen-bond donors (Lipinski definition) is 0. The average Bonchev–Trinajstić information content (AvgIpc) is 3.19. The first-order valence-corrected chi connectivity index (χ1v) is 9.63. The van der Waals surface area contributed by atoms with Gasteiger partial charge in [-0.15, -0.1) is 0 Å². The molecule has 2 aromatic rings. The van der Waals surface area contributed by atoms with Gasteiger partial charge in [0.2, 0.25) is 5.91 Å². The van der Waals surface area contributed by atoms with Crippen molar-refractivity contribution < 1.29 is 4.79 Å². The van der Waals surface area contributed by atoms with Crippen LogP contribution in [0.3, 0.4) is 0 Å². The van der Waals surface area contributed by atoms with Gasteiger partial charge in [0.05, 0.1) is 6.54 Å². The van der Waals surface area contributed by atoms with Crippen LogP contribution < -0.4 is 5.69 Å². The molecule has 2 atom stereocenters. The molecule has 6 nitrogen and oxygen atoms in total. The molecule has 27 heavy (non-hydrogen) atoms. The fourth-order valence-electron chi connectivity index (χ4n) is 4.32. The van der Waals surface area contributed by atoms with Crippen LogP contribution in [-0.4, -0.2) is 38.2 Å². The highest BCUT2D eigenvalue weighted by molar-refractivity contribution is 5.76. The van der Waals surface area contributed by atoms with E-state index in [0.717, 1.165) is 31.5 Å². The van der Waals surface area contributed by atoms with E-state index in [1.807, 2.05) is 42.2 Å². The van der Waals surface area contributed by atoms with Crippen LogP contribution in [0.4, 0.5) is 0 Å². The number of aromatic nitrogens is 3. The van der Waals surface area contributed by atoms with Gasteiger partial charge in [-0.1, -0.05) is 42.0 Å². The lowest BCUT2D eigenvalue weighted by Crippen LogP contribution is -2.36. The monoisotopic (exact) mass is 366 g/mol. The van der Waals surface area contributed by atoms with E-state index in [4.69, 9.17) is 0 Å². The van der Waals surface area contributed by atoms with Crippen LogP contribution in [-0.2, 0) is 17.9 Å². The van der Waals surface area contributed by atoms with Crippen molar-refractivity contribution in [1.29, 1.82) is 0 Å². The Morgan fingerprint density at radius 3 is 2.67 bits per heavy atom. The van der Waals surface area contributed by atoms with Crippen LogP contribution in [0.5, 0.6) is 0 Å². The van der Waals surface area contributed by atoms with Gasteiger partial charge in [0, 0.05) is 13.1 Å². The second-order valence-corrected chi connectivity index (χ2v) is 7.87. The molecular formula is C21H26N4O2. The first-order valence-electron chi connectivity index (χ1n) is 9.63. The maximum atomic E-state index is 12.8. The van der Waals surface area contributed by atoms with E-state index in [0.29, 0.717) is 24.2 Å². The van der Waals surface area contributed by atoms with Crippen LogP contribution in [0.15, 0.2) is 46.8 Å². The molecule has 1 aromatic carbocycles. The molecule has 6 heteroatoms. The van der Waals surface area contributed by atoms with Crippen LogP contribution in [0, 0.1) is 18.8 Å². The summed E-state index contributed by atoms with van der Waals surface area (Å²) in [6, 6.07) is 9.82. The van der Waals surface area contributed by atoms with Gasteiger partial charge in [-0.3, -0.25) is 9.36 Å². The lowest BCUT2D eigenvalue weighted by Gasteiger charge is -2.21. The maximum absolute atomic E-state index is 12.8. The van der Waals surface area contributed by atoms with Crippen LogP contribution in [0.2, 0.25) is 0 Å². The van der Waals surface area contributed by atoms with Crippen LogP contribution >= 0.6 is 0 Å². The minimum atomic E-state index is -0.223. The van der Waals surface area contributed by atoms with Gasteiger partial charge in [0.25, 0.3) is 0 Å². The van der Waals surface area contributed by atoms with E-state index in [1.165, 1.54) is 10.3 Å². The number of carbonyl (C=O) groups excluding carboxylic acids is 1. The van der Waals surface area contributed by atoms with Gasteiger partial charge in [-0.2, -0.15) is 5.10 Å². The molecular weight excluding hydrogens is 340 g/mol. The smallest absolute Gasteiger partial charge is 0.340 e. The van der Waals surface area contributed by atoms with Gasteiger partial charge in [0.15, 0.2) is 0 Å². The minimum absolute atomic E-state index is 0.00601. The second-order valence-electron chi connectivity index (χ2n) is 7.87. The summed E-state index contributed by atoms with van der Waals surface area (Å²) < 4.78 is 2.94. The Kier molecular flexibility index (Phi) is 4.72. The highest BCUT2D eigenvalue weighted by Crippen LogP contribution is 2.35. The van der Waals surface area contributed by atoms with E-state index in [1.54, 1.807) is 4.57 Å². The number of carbonyl (C=O) groups is 1. The summed E-state index contributed by atoms with van der Waals surface area (Å²) in [6.45, 7) is 6.07. The van der Waals surface area contributed by atoms with Gasteiger partial charge < -0.3 is 4.90 Å². The number of benzene rings is 1. The molecule has 0 unspecified atom stereocenters. The molecule has 1 fully saturated rings. The number of nitrogens with zero attached hydrogens (tertiary/aromatic N) is 4. The van der Waals surface area contributed by atoms with E-state index in [9.17, 15) is 9.59 Å². The van der Waals surface area contributed by atoms with Crippen molar-refractivity contribution in [2.75, 3.05) is 13.1 Å².